The van der Waals surface area contributed by atoms with Crippen molar-refractivity contribution < 1.29 is 44.1 Å². The number of hydrogen-bond acceptors (Lipinski definition) is 5. The van der Waals surface area contributed by atoms with E-state index in [1.807, 2.05) is 0 Å². The van der Waals surface area contributed by atoms with Crippen molar-refractivity contribution in [1.29, 1.82) is 0 Å². The Morgan fingerprint density at radius 3 is 1.82 bits per heavy atom. The van der Waals surface area contributed by atoms with Gasteiger partial charge in [-0.1, -0.05) is 0 Å². The van der Waals surface area contributed by atoms with Crippen LogP contribution in [0.15, 0.2) is 0 Å². The Morgan fingerprint density at radius 1 is 0.909 bits per heavy atom. The molecule has 0 saturated carbocycles. The number of esters is 1. The summed E-state index contributed by atoms with van der Waals surface area (Å²) in [6.45, 7) is -0.933. The molecular formula is C11H9F5O5S. The Bertz CT molecular complexity index is 660. The number of carbonyl (C=O) groups excluding carboxylic acids is 1. The second-order valence-electron chi connectivity index (χ2n) is 3.96. The number of benzene rings is 1. The molecule has 0 aliphatic carbocycles. The van der Waals surface area contributed by atoms with Gasteiger partial charge in [-0.15, -0.1) is 0 Å². The molecule has 0 aromatic heterocycles. The molecule has 5 nitrogen and oxygen atoms in total. The van der Waals surface area contributed by atoms with Crippen LogP contribution in [0.4, 0.5) is 22.0 Å². The highest BCUT2D eigenvalue weighted by atomic mass is 32.2. The molecule has 0 spiro atoms. The molecule has 0 N–H and O–H groups in total. The summed E-state index contributed by atoms with van der Waals surface area (Å²) in [7, 11) is -3.71. The van der Waals surface area contributed by atoms with Crippen molar-refractivity contribution in [3.05, 3.63) is 34.6 Å². The third kappa shape index (κ3) is 4.37. The van der Waals surface area contributed by atoms with Crippen LogP contribution in [-0.2, 0) is 19.0 Å². The lowest BCUT2D eigenvalue weighted by molar-refractivity contribution is 0.0473. The standard InChI is InChI=1S/C11H9F5O5S/c1-22(18,19)21-4-2-3-20-11(17)5-6(12)8(14)10(16)9(15)7(5)13/h2-4H2,1H3. The summed E-state index contributed by atoms with van der Waals surface area (Å²) in [6, 6.07) is 0. The fourth-order valence-corrected chi connectivity index (χ4v) is 1.71. The van der Waals surface area contributed by atoms with Gasteiger partial charge in [-0.25, -0.2) is 26.7 Å². The third-order valence-electron chi connectivity index (χ3n) is 2.23. The first-order chi connectivity index (χ1) is 10.1. The first kappa shape index (κ1) is 18.3. The maximum Gasteiger partial charge on any atom is 0.344 e. The predicted molar refractivity (Wildman–Crippen MR) is 61.9 cm³/mol. The van der Waals surface area contributed by atoms with Crippen LogP contribution in [0.25, 0.3) is 0 Å². The molecule has 0 radical (unpaired) electrons. The van der Waals surface area contributed by atoms with Gasteiger partial charge in [0.15, 0.2) is 23.3 Å². The fraction of sp³-hybridized carbons (Fsp3) is 0.364. The maximum atomic E-state index is 13.3. The highest BCUT2D eigenvalue weighted by molar-refractivity contribution is 7.85. The number of hydrogen-bond donors (Lipinski definition) is 0. The van der Waals surface area contributed by atoms with Gasteiger partial charge in [-0.2, -0.15) is 8.42 Å². The smallest absolute Gasteiger partial charge is 0.344 e. The van der Waals surface area contributed by atoms with E-state index in [1.54, 1.807) is 0 Å². The van der Waals surface area contributed by atoms with E-state index in [1.165, 1.54) is 0 Å². The highest BCUT2D eigenvalue weighted by Crippen LogP contribution is 2.23. The van der Waals surface area contributed by atoms with Crippen molar-refractivity contribution in [3.8, 4) is 0 Å². The van der Waals surface area contributed by atoms with Crippen molar-refractivity contribution in [2.75, 3.05) is 19.5 Å². The minimum Gasteiger partial charge on any atom is -0.462 e. The zero-order chi connectivity index (χ0) is 17.1. The number of rotatable bonds is 6. The Labute approximate surface area is 121 Å². The molecule has 0 saturated heterocycles. The molecule has 0 amide bonds. The Morgan fingerprint density at radius 2 is 1.36 bits per heavy atom. The molecule has 22 heavy (non-hydrogen) atoms. The van der Waals surface area contributed by atoms with Crippen molar-refractivity contribution in [2.45, 2.75) is 6.42 Å². The summed E-state index contributed by atoms with van der Waals surface area (Å²) in [5.74, 6) is -13.3. The molecule has 0 heterocycles. The zero-order valence-corrected chi connectivity index (χ0v) is 11.8. The van der Waals surface area contributed by atoms with E-state index in [-0.39, 0.29) is 13.0 Å². The van der Waals surface area contributed by atoms with Crippen LogP contribution in [0.5, 0.6) is 0 Å². The lowest BCUT2D eigenvalue weighted by Gasteiger charge is -2.08. The normalized spacial score (nSPS) is 11.5. The van der Waals surface area contributed by atoms with Gasteiger partial charge < -0.3 is 4.74 Å². The Balaban J connectivity index is 2.75. The quantitative estimate of drug-likeness (QED) is 0.196. The van der Waals surface area contributed by atoms with E-state index < -0.39 is 57.3 Å². The summed E-state index contributed by atoms with van der Waals surface area (Å²) >= 11 is 0. The lowest BCUT2D eigenvalue weighted by Crippen LogP contribution is -2.16. The topological polar surface area (TPSA) is 69.7 Å². The van der Waals surface area contributed by atoms with E-state index in [9.17, 15) is 35.2 Å². The third-order valence-corrected chi connectivity index (χ3v) is 2.83. The monoisotopic (exact) mass is 348 g/mol. The molecule has 1 aromatic carbocycles. The number of carbonyl (C=O) groups is 1. The summed E-state index contributed by atoms with van der Waals surface area (Å²) < 4.78 is 94.8. The maximum absolute atomic E-state index is 13.3. The molecule has 124 valence electrons. The second kappa shape index (κ2) is 7.01. The van der Waals surface area contributed by atoms with E-state index >= 15 is 0 Å². The van der Waals surface area contributed by atoms with Crippen LogP contribution in [0.2, 0.25) is 0 Å². The average molecular weight is 348 g/mol. The predicted octanol–water partition coefficient (Wildman–Crippen LogP) is 1.91. The summed E-state index contributed by atoms with van der Waals surface area (Å²) in [4.78, 5) is 11.3. The van der Waals surface area contributed by atoms with Crippen molar-refractivity contribution in [3.63, 3.8) is 0 Å². The van der Waals surface area contributed by atoms with Gasteiger partial charge in [-0.3, -0.25) is 4.18 Å². The lowest BCUT2D eigenvalue weighted by atomic mass is 10.1. The second-order valence-corrected chi connectivity index (χ2v) is 5.60. The Kier molecular flexibility index (Phi) is 5.83. The molecule has 0 fully saturated rings. The van der Waals surface area contributed by atoms with Crippen LogP contribution >= 0.6 is 0 Å². The molecular weight excluding hydrogens is 339 g/mol. The average Bonchev–Trinajstić information content (AvgIpc) is 2.41. The van der Waals surface area contributed by atoms with E-state index in [0.29, 0.717) is 0 Å². The van der Waals surface area contributed by atoms with Crippen LogP contribution in [0.3, 0.4) is 0 Å². The minimum absolute atomic E-state index is 0.172. The molecule has 1 aromatic rings. The zero-order valence-electron chi connectivity index (χ0n) is 11.0. The highest BCUT2D eigenvalue weighted by Gasteiger charge is 2.30. The molecule has 1 rings (SSSR count). The SMILES string of the molecule is CS(=O)(=O)OCCCOC(=O)c1c(F)c(F)c(F)c(F)c1F. The fourth-order valence-electron chi connectivity index (χ4n) is 1.29. The molecule has 0 unspecified atom stereocenters. The van der Waals surface area contributed by atoms with Gasteiger partial charge in [-0.05, 0) is 0 Å². The summed E-state index contributed by atoms with van der Waals surface area (Å²) in [6.07, 6.45) is 0.599. The first-order valence-electron chi connectivity index (χ1n) is 5.59. The summed E-state index contributed by atoms with van der Waals surface area (Å²) in [5.41, 5.74) is -1.72. The van der Waals surface area contributed by atoms with Gasteiger partial charge in [0, 0.05) is 6.42 Å². The number of ether oxygens (including phenoxy) is 1. The van der Waals surface area contributed by atoms with Crippen molar-refractivity contribution >= 4 is 16.1 Å². The molecule has 0 atom stereocenters. The summed E-state index contributed by atoms with van der Waals surface area (Å²) in [5, 5.41) is 0. The van der Waals surface area contributed by atoms with Crippen LogP contribution in [-0.4, -0.2) is 33.9 Å². The van der Waals surface area contributed by atoms with Crippen LogP contribution in [0.1, 0.15) is 16.8 Å². The largest absolute Gasteiger partial charge is 0.462 e. The molecule has 11 heteroatoms. The van der Waals surface area contributed by atoms with E-state index in [2.05, 4.69) is 8.92 Å². The van der Waals surface area contributed by atoms with Crippen LogP contribution in [0, 0.1) is 29.1 Å². The molecule has 0 aliphatic heterocycles. The van der Waals surface area contributed by atoms with Gasteiger partial charge in [0.1, 0.15) is 5.56 Å². The van der Waals surface area contributed by atoms with Crippen molar-refractivity contribution in [2.24, 2.45) is 0 Å². The molecule has 0 bridgehead atoms. The Hall–Kier alpha value is -1.75. The minimum atomic E-state index is -3.71. The van der Waals surface area contributed by atoms with Gasteiger partial charge in [0.2, 0.25) is 5.82 Å². The van der Waals surface area contributed by atoms with Crippen molar-refractivity contribution in [1.82, 2.24) is 0 Å². The number of halogens is 5. The van der Waals surface area contributed by atoms with Crippen LogP contribution < -0.4 is 0 Å². The van der Waals surface area contributed by atoms with Gasteiger partial charge >= 0.3 is 5.97 Å². The molecule has 0 aliphatic rings. The first-order valence-corrected chi connectivity index (χ1v) is 7.41. The van der Waals surface area contributed by atoms with E-state index in [0.717, 1.165) is 6.26 Å². The van der Waals surface area contributed by atoms with Gasteiger partial charge in [0.25, 0.3) is 10.1 Å². The van der Waals surface area contributed by atoms with Gasteiger partial charge in [0.05, 0.1) is 19.5 Å². The van der Waals surface area contributed by atoms with E-state index in [4.69, 9.17) is 0 Å².